The SMILES string of the molecule is C=CC(=O)N1Cc2sc(Cl)cc2[C@H](c2ccccc2C(C=NC)=C(N)C2CC2)C1. The van der Waals surface area contributed by atoms with E-state index in [0.717, 1.165) is 44.5 Å². The van der Waals surface area contributed by atoms with E-state index >= 15 is 0 Å². The topological polar surface area (TPSA) is 58.7 Å². The highest BCUT2D eigenvalue weighted by Gasteiger charge is 2.33. The standard InChI is InChI=1S/C23H24ClN3OS/c1-3-22(28)27-12-19(17-10-21(24)29-20(17)13-27)16-7-5-4-6-15(16)18(11-26-2)23(25)14-8-9-14/h3-7,10-11,14,19H,1,8-9,12-13,25H2,2H3/t19-/m0/s1. The van der Waals surface area contributed by atoms with Crippen molar-refractivity contribution in [3.63, 3.8) is 0 Å². The zero-order valence-electron chi connectivity index (χ0n) is 16.4. The highest BCUT2D eigenvalue weighted by atomic mass is 35.5. The van der Waals surface area contributed by atoms with E-state index in [-0.39, 0.29) is 11.8 Å². The summed E-state index contributed by atoms with van der Waals surface area (Å²) in [4.78, 5) is 19.7. The van der Waals surface area contributed by atoms with Crippen molar-refractivity contribution in [1.82, 2.24) is 4.90 Å². The molecule has 0 saturated heterocycles. The van der Waals surface area contributed by atoms with Crippen LogP contribution in [0.2, 0.25) is 4.34 Å². The van der Waals surface area contributed by atoms with Gasteiger partial charge in [-0.25, -0.2) is 0 Å². The molecule has 1 amide bonds. The van der Waals surface area contributed by atoms with E-state index in [0.29, 0.717) is 19.0 Å². The molecule has 2 aromatic rings. The van der Waals surface area contributed by atoms with Crippen molar-refractivity contribution in [1.29, 1.82) is 0 Å². The lowest BCUT2D eigenvalue weighted by Crippen LogP contribution is -2.37. The first kappa shape index (κ1) is 19.9. The van der Waals surface area contributed by atoms with Crippen molar-refractivity contribution in [3.8, 4) is 0 Å². The molecule has 0 spiro atoms. The summed E-state index contributed by atoms with van der Waals surface area (Å²) in [5.74, 6) is 0.397. The van der Waals surface area contributed by atoms with Crippen LogP contribution in [0.15, 0.2) is 53.7 Å². The molecule has 4 nitrogen and oxygen atoms in total. The van der Waals surface area contributed by atoms with E-state index in [2.05, 4.69) is 23.7 Å². The molecule has 2 N–H and O–H groups in total. The Kier molecular flexibility index (Phi) is 5.61. The molecule has 1 aromatic heterocycles. The maximum atomic E-state index is 12.4. The molecule has 2 aliphatic rings. The highest BCUT2D eigenvalue weighted by Crippen LogP contribution is 2.43. The van der Waals surface area contributed by atoms with Crippen LogP contribution in [0.25, 0.3) is 5.57 Å². The smallest absolute Gasteiger partial charge is 0.246 e. The van der Waals surface area contributed by atoms with Gasteiger partial charge in [0, 0.05) is 41.9 Å². The first-order valence-electron chi connectivity index (χ1n) is 9.74. The number of aliphatic imine (C=N–C) groups is 1. The number of hydrogen-bond acceptors (Lipinski definition) is 4. The number of carbonyl (C=O) groups is 1. The summed E-state index contributed by atoms with van der Waals surface area (Å²) in [7, 11) is 1.77. The van der Waals surface area contributed by atoms with E-state index in [1.54, 1.807) is 18.4 Å². The van der Waals surface area contributed by atoms with Gasteiger partial charge in [-0.3, -0.25) is 9.79 Å². The number of hydrogen-bond donors (Lipinski definition) is 1. The van der Waals surface area contributed by atoms with Crippen LogP contribution in [0.5, 0.6) is 0 Å². The molecule has 1 aliphatic heterocycles. The second-order valence-electron chi connectivity index (χ2n) is 7.52. The van der Waals surface area contributed by atoms with Crippen LogP contribution in [0.1, 0.15) is 40.3 Å². The number of thiophene rings is 1. The van der Waals surface area contributed by atoms with E-state index in [9.17, 15) is 4.79 Å². The Morgan fingerprint density at radius 2 is 2.10 bits per heavy atom. The molecular formula is C23H24ClN3OS. The summed E-state index contributed by atoms with van der Waals surface area (Å²) >= 11 is 7.90. The second-order valence-corrected chi connectivity index (χ2v) is 9.29. The average molecular weight is 426 g/mol. The van der Waals surface area contributed by atoms with Gasteiger partial charge in [0.25, 0.3) is 0 Å². The Labute approximate surface area is 180 Å². The second kappa shape index (κ2) is 8.17. The van der Waals surface area contributed by atoms with Gasteiger partial charge in [0.15, 0.2) is 0 Å². The van der Waals surface area contributed by atoms with Crippen LogP contribution in [0.3, 0.4) is 0 Å². The number of carbonyl (C=O) groups excluding carboxylic acids is 1. The molecule has 1 aromatic carbocycles. The molecule has 150 valence electrons. The normalized spacial score (nSPS) is 19.8. The minimum absolute atomic E-state index is 0.0230. The monoisotopic (exact) mass is 425 g/mol. The third-order valence-electron chi connectivity index (χ3n) is 5.62. The lowest BCUT2D eigenvalue weighted by atomic mass is 9.83. The number of nitrogens with zero attached hydrogens (tertiary/aromatic N) is 2. The van der Waals surface area contributed by atoms with E-state index in [4.69, 9.17) is 17.3 Å². The largest absolute Gasteiger partial charge is 0.401 e. The van der Waals surface area contributed by atoms with Crippen LogP contribution in [-0.4, -0.2) is 30.6 Å². The zero-order valence-corrected chi connectivity index (χ0v) is 18.0. The predicted octanol–water partition coefficient (Wildman–Crippen LogP) is 4.84. The van der Waals surface area contributed by atoms with E-state index in [1.165, 1.54) is 11.6 Å². The Morgan fingerprint density at radius 3 is 2.79 bits per heavy atom. The lowest BCUT2D eigenvalue weighted by Gasteiger charge is -2.33. The highest BCUT2D eigenvalue weighted by molar-refractivity contribution is 7.16. The average Bonchev–Trinajstić information content (AvgIpc) is 3.51. The van der Waals surface area contributed by atoms with E-state index in [1.807, 2.05) is 29.3 Å². The number of halogens is 1. The zero-order chi connectivity index (χ0) is 20.5. The number of fused-ring (bicyclic) bond motifs is 1. The van der Waals surface area contributed by atoms with Gasteiger partial charge < -0.3 is 10.6 Å². The molecule has 29 heavy (non-hydrogen) atoms. The van der Waals surface area contributed by atoms with Gasteiger partial charge >= 0.3 is 0 Å². The molecule has 0 bridgehead atoms. The van der Waals surface area contributed by atoms with Crippen LogP contribution in [-0.2, 0) is 11.3 Å². The van der Waals surface area contributed by atoms with Crippen molar-refractivity contribution in [2.75, 3.05) is 13.6 Å². The van der Waals surface area contributed by atoms with Crippen molar-refractivity contribution in [2.24, 2.45) is 16.6 Å². The van der Waals surface area contributed by atoms with Crippen molar-refractivity contribution >= 4 is 40.6 Å². The molecule has 2 heterocycles. The van der Waals surface area contributed by atoms with Gasteiger partial charge in [-0.1, -0.05) is 42.4 Å². The van der Waals surface area contributed by atoms with Crippen LogP contribution < -0.4 is 5.73 Å². The fourth-order valence-corrected chi connectivity index (χ4v) is 5.39. The molecule has 1 atom stereocenters. The maximum Gasteiger partial charge on any atom is 0.246 e. The number of nitrogens with two attached hydrogens (primary N) is 1. The van der Waals surface area contributed by atoms with E-state index < -0.39 is 0 Å². The fourth-order valence-electron chi connectivity index (χ4n) is 4.04. The molecule has 4 rings (SSSR count). The number of allylic oxidation sites excluding steroid dienone is 2. The summed E-state index contributed by atoms with van der Waals surface area (Å²) in [6.07, 6.45) is 5.50. The molecule has 1 fully saturated rings. The number of rotatable bonds is 5. The van der Waals surface area contributed by atoms with Crippen LogP contribution in [0.4, 0.5) is 0 Å². The quantitative estimate of drug-likeness (QED) is 0.550. The lowest BCUT2D eigenvalue weighted by molar-refractivity contribution is -0.127. The first-order chi connectivity index (χ1) is 14.0. The summed E-state index contributed by atoms with van der Waals surface area (Å²) in [5, 5.41) is 0. The van der Waals surface area contributed by atoms with Gasteiger partial charge in [-0.15, -0.1) is 11.3 Å². The Morgan fingerprint density at radius 1 is 1.34 bits per heavy atom. The molecular weight excluding hydrogens is 402 g/mol. The first-order valence-corrected chi connectivity index (χ1v) is 10.9. The molecule has 0 unspecified atom stereocenters. The predicted molar refractivity (Wildman–Crippen MR) is 121 cm³/mol. The Hall–Kier alpha value is -2.37. The van der Waals surface area contributed by atoms with Crippen LogP contribution in [0, 0.1) is 5.92 Å². The molecule has 1 aliphatic carbocycles. The summed E-state index contributed by atoms with van der Waals surface area (Å²) in [6.45, 7) is 4.81. The maximum absolute atomic E-state index is 12.4. The van der Waals surface area contributed by atoms with Gasteiger partial charge in [0.1, 0.15) is 0 Å². The van der Waals surface area contributed by atoms with Gasteiger partial charge in [-0.2, -0.15) is 0 Å². The number of amides is 1. The van der Waals surface area contributed by atoms with Crippen LogP contribution >= 0.6 is 22.9 Å². The third-order valence-corrected chi connectivity index (χ3v) is 6.89. The third kappa shape index (κ3) is 3.89. The molecule has 0 radical (unpaired) electrons. The van der Waals surface area contributed by atoms with Crippen molar-refractivity contribution in [3.05, 3.63) is 74.6 Å². The summed E-state index contributed by atoms with van der Waals surface area (Å²) in [5.41, 5.74) is 11.8. The number of benzene rings is 1. The van der Waals surface area contributed by atoms with Crippen molar-refractivity contribution in [2.45, 2.75) is 25.3 Å². The fraction of sp³-hybridized carbons (Fsp3) is 0.304. The Balaban J connectivity index is 1.85. The summed E-state index contributed by atoms with van der Waals surface area (Å²) in [6, 6.07) is 10.3. The minimum Gasteiger partial charge on any atom is -0.401 e. The van der Waals surface area contributed by atoms with Crippen molar-refractivity contribution < 1.29 is 4.79 Å². The van der Waals surface area contributed by atoms with Gasteiger partial charge in [0.05, 0.1) is 10.9 Å². The van der Waals surface area contributed by atoms with Gasteiger partial charge in [-0.05, 0) is 47.6 Å². The summed E-state index contributed by atoms with van der Waals surface area (Å²) < 4.78 is 0.744. The van der Waals surface area contributed by atoms with Gasteiger partial charge in [0.2, 0.25) is 5.91 Å². The molecule has 1 saturated carbocycles. The Bertz CT molecular complexity index is 1020. The molecule has 6 heteroatoms. The minimum atomic E-state index is -0.0639.